The quantitative estimate of drug-likeness (QED) is 0.600. The molecule has 5 heteroatoms. The van der Waals surface area contributed by atoms with Gasteiger partial charge in [0.05, 0.1) is 17.8 Å². The Morgan fingerprint density at radius 1 is 1.11 bits per heavy atom. The van der Waals surface area contributed by atoms with Crippen LogP contribution in [-0.2, 0) is 14.4 Å². The van der Waals surface area contributed by atoms with E-state index in [2.05, 4.69) is 0 Å². The highest BCUT2D eigenvalue weighted by molar-refractivity contribution is 6.05. The highest BCUT2D eigenvalue weighted by Crippen LogP contribution is 2.40. The zero-order valence-corrected chi connectivity index (χ0v) is 10.6. The number of imide groups is 1. The highest BCUT2D eigenvalue weighted by Gasteiger charge is 2.51. The first kappa shape index (κ1) is 12.4. The van der Waals surface area contributed by atoms with Crippen LogP contribution in [0.2, 0.25) is 0 Å². The second kappa shape index (κ2) is 4.47. The van der Waals surface area contributed by atoms with Crippen LogP contribution in [0, 0.1) is 17.8 Å². The molecule has 0 aromatic heterocycles. The molecule has 19 heavy (non-hydrogen) atoms. The van der Waals surface area contributed by atoms with Gasteiger partial charge in [-0.3, -0.25) is 19.3 Å². The van der Waals surface area contributed by atoms with E-state index in [0.717, 1.165) is 0 Å². The molecule has 1 heterocycles. The number of hydrogen-bond donors (Lipinski definition) is 1. The number of amides is 2. The predicted molar refractivity (Wildman–Crippen MR) is 66.0 cm³/mol. The fourth-order valence-electron chi connectivity index (χ4n) is 3.60. The minimum Gasteiger partial charge on any atom is -0.481 e. The summed E-state index contributed by atoms with van der Waals surface area (Å²) >= 11 is 0. The summed E-state index contributed by atoms with van der Waals surface area (Å²) in [5.41, 5.74) is 0. The number of fused-ring (bicyclic) bond motifs is 1. The van der Waals surface area contributed by atoms with Crippen molar-refractivity contribution in [2.45, 2.75) is 38.1 Å². The molecule has 1 saturated heterocycles. The first-order chi connectivity index (χ1) is 9.09. The summed E-state index contributed by atoms with van der Waals surface area (Å²) in [7, 11) is 0. The Morgan fingerprint density at radius 2 is 1.68 bits per heavy atom. The average Bonchev–Trinajstić information content (AvgIpc) is 2.96. The van der Waals surface area contributed by atoms with Gasteiger partial charge in [0, 0.05) is 6.04 Å². The molecule has 0 spiro atoms. The van der Waals surface area contributed by atoms with E-state index in [4.69, 9.17) is 5.11 Å². The number of rotatable bonds is 2. The highest BCUT2D eigenvalue weighted by atomic mass is 16.4. The number of aliphatic carboxylic acids is 1. The summed E-state index contributed by atoms with van der Waals surface area (Å²) in [6.07, 6.45) is 6.81. The molecule has 0 aromatic rings. The first-order valence-corrected chi connectivity index (χ1v) is 6.84. The van der Waals surface area contributed by atoms with Gasteiger partial charge in [0.2, 0.25) is 11.8 Å². The topological polar surface area (TPSA) is 74.7 Å². The van der Waals surface area contributed by atoms with Crippen LogP contribution in [0.1, 0.15) is 32.1 Å². The number of hydrogen-bond acceptors (Lipinski definition) is 3. The van der Waals surface area contributed by atoms with Crippen molar-refractivity contribution in [2.24, 2.45) is 17.8 Å². The molecule has 0 radical (unpaired) electrons. The van der Waals surface area contributed by atoms with Gasteiger partial charge in [-0.2, -0.15) is 0 Å². The van der Waals surface area contributed by atoms with Crippen molar-refractivity contribution >= 4 is 17.8 Å². The third kappa shape index (κ3) is 1.88. The zero-order chi connectivity index (χ0) is 13.6. The monoisotopic (exact) mass is 263 g/mol. The number of carbonyl (C=O) groups excluding carboxylic acids is 2. The lowest BCUT2D eigenvalue weighted by Gasteiger charge is -2.22. The second-order valence-corrected chi connectivity index (χ2v) is 5.70. The van der Waals surface area contributed by atoms with Crippen molar-refractivity contribution in [3.8, 4) is 0 Å². The lowest BCUT2D eigenvalue weighted by molar-refractivity contribution is -0.145. The fourth-order valence-corrected chi connectivity index (χ4v) is 3.60. The number of likely N-dealkylation sites (tertiary alicyclic amines) is 1. The van der Waals surface area contributed by atoms with Crippen LogP contribution in [0.25, 0.3) is 0 Å². The van der Waals surface area contributed by atoms with Crippen molar-refractivity contribution in [3.63, 3.8) is 0 Å². The van der Waals surface area contributed by atoms with E-state index in [9.17, 15) is 14.4 Å². The van der Waals surface area contributed by atoms with E-state index < -0.39 is 11.9 Å². The van der Waals surface area contributed by atoms with Gasteiger partial charge < -0.3 is 5.11 Å². The largest absolute Gasteiger partial charge is 0.481 e. The van der Waals surface area contributed by atoms with Gasteiger partial charge in [-0.25, -0.2) is 0 Å². The standard InChI is InChI=1S/C14H17NO4/c16-12-10-3-1-2-4-11(10)13(17)15(12)9-6-5-8(7-9)14(18)19/h1-2,8-11H,3-7H2,(H,18,19)/t8-,9+,10?,11?/m1/s1. The summed E-state index contributed by atoms with van der Waals surface area (Å²) in [5.74, 6) is -1.82. The van der Waals surface area contributed by atoms with Gasteiger partial charge in [0.15, 0.2) is 0 Å². The molecule has 2 amide bonds. The lowest BCUT2D eigenvalue weighted by atomic mass is 9.85. The molecule has 2 aliphatic carbocycles. The van der Waals surface area contributed by atoms with Crippen LogP contribution in [0.5, 0.6) is 0 Å². The molecule has 0 bridgehead atoms. The molecule has 1 saturated carbocycles. The number of carbonyl (C=O) groups is 3. The molecule has 5 nitrogen and oxygen atoms in total. The Balaban J connectivity index is 1.77. The zero-order valence-electron chi connectivity index (χ0n) is 10.6. The van der Waals surface area contributed by atoms with E-state index in [1.54, 1.807) is 0 Å². The molecular formula is C14H17NO4. The number of allylic oxidation sites excluding steroid dienone is 2. The van der Waals surface area contributed by atoms with Crippen molar-refractivity contribution in [2.75, 3.05) is 0 Å². The fraction of sp³-hybridized carbons (Fsp3) is 0.643. The summed E-state index contributed by atoms with van der Waals surface area (Å²) in [6, 6.07) is -0.202. The van der Waals surface area contributed by atoms with Gasteiger partial charge in [-0.15, -0.1) is 0 Å². The van der Waals surface area contributed by atoms with Crippen LogP contribution < -0.4 is 0 Å². The molecule has 1 aliphatic heterocycles. The van der Waals surface area contributed by atoms with Crippen molar-refractivity contribution < 1.29 is 19.5 Å². The Morgan fingerprint density at radius 3 is 2.16 bits per heavy atom. The third-order valence-corrected chi connectivity index (χ3v) is 4.66. The molecule has 1 N–H and O–H groups in total. The Kier molecular flexibility index (Phi) is 2.92. The maximum atomic E-state index is 12.3. The number of carboxylic acid groups (broad SMARTS) is 1. The normalized spacial score (nSPS) is 37.8. The van der Waals surface area contributed by atoms with Gasteiger partial charge >= 0.3 is 5.97 Å². The van der Waals surface area contributed by atoms with Crippen LogP contribution in [0.4, 0.5) is 0 Å². The minimum atomic E-state index is -0.819. The maximum absolute atomic E-state index is 12.3. The summed E-state index contributed by atoms with van der Waals surface area (Å²) in [5, 5.41) is 9.01. The van der Waals surface area contributed by atoms with Crippen LogP contribution in [0.15, 0.2) is 12.2 Å². The van der Waals surface area contributed by atoms with Crippen molar-refractivity contribution in [1.29, 1.82) is 0 Å². The predicted octanol–water partition coefficient (Wildman–Crippen LogP) is 1.19. The summed E-state index contributed by atoms with van der Waals surface area (Å²) in [6.45, 7) is 0. The van der Waals surface area contributed by atoms with E-state index in [0.29, 0.717) is 32.1 Å². The number of nitrogens with zero attached hydrogens (tertiary/aromatic N) is 1. The molecule has 0 aromatic carbocycles. The van der Waals surface area contributed by atoms with Gasteiger partial charge in [-0.05, 0) is 32.1 Å². The van der Waals surface area contributed by atoms with Crippen molar-refractivity contribution in [1.82, 2.24) is 4.90 Å². The van der Waals surface area contributed by atoms with E-state index in [1.807, 2.05) is 12.2 Å². The van der Waals surface area contributed by atoms with Crippen molar-refractivity contribution in [3.05, 3.63) is 12.2 Å². The molecule has 102 valence electrons. The summed E-state index contributed by atoms with van der Waals surface area (Å²) < 4.78 is 0. The average molecular weight is 263 g/mol. The smallest absolute Gasteiger partial charge is 0.306 e. The van der Waals surface area contributed by atoms with Gasteiger partial charge in [0.25, 0.3) is 0 Å². The molecule has 4 atom stereocenters. The second-order valence-electron chi connectivity index (χ2n) is 5.70. The number of carboxylic acids is 1. The third-order valence-electron chi connectivity index (χ3n) is 4.66. The van der Waals surface area contributed by atoms with Gasteiger partial charge in [-0.1, -0.05) is 12.2 Å². The maximum Gasteiger partial charge on any atom is 0.306 e. The SMILES string of the molecule is O=C(O)[C@@H]1CC[C@H](N2C(=O)C3CC=CCC3C2=O)C1. The minimum absolute atomic E-state index is 0.0876. The molecule has 2 fully saturated rings. The van der Waals surface area contributed by atoms with Crippen LogP contribution >= 0.6 is 0 Å². The molecule has 3 aliphatic rings. The van der Waals surface area contributed by atoms with E-state index >= 15 is 0 Å². The van der Waals surface area contributed by atoms with Crippen LogP contribution in [-0.4, -0.2) is 33.8 Å². The summed E-state index contributed by atoms with van der Waals surface area (Å²) in [4.78, 5) is 37.0. The Bertz CT molecular complexity index is 444. The molecule has 3 rings (SSSR count). The van der Waals surface area contributed by atoms with E-state index in [1.165, 1.54) is 4.90 Å². The van der Waals surface area contributed by atoms with Gasteiger partial charge in [0.1, 0.15) is 0 Å². The Hall–Kier alpha value is -1.65. The molecule has 2 unspecified atom stereocenters. The first-order valence-electron chi connectivity index (χ1n) is 6.84. The lowest BCUT2D eigenvalue weighted by Crippen LogP contribution is -2.39. The van der Waals surface area contributed by atoms with Crippen LogP contribution in [0.3, 0.4) is 0 Å². The van der Waals surface area contributed by atoms with E-state index in [-0.39, 0.29) is 29.7 Å². The molecular weight excluding hydrogens is 246 g/mol. The Labute approximate surface area is 111 Å².